The molecule has 2 nitrogen and oxygen atoms in total. The fourth-order valence-electron chi connectivity index (χ4n) is 1.59. The van der Waals surface area contributed by atoms with Crippen LogP contribution in [0.15, 0.2) is 18.2 Å². The van der Waals surface area contributed by atoms with Gasteiger partial charge in [0.2, 0.25) is 0 Å². The predicted octanol–water partition coefficient (Wildman–Crippen LogP) is 4.77. The van der Waals surface area contributed by atoms with Gasteiger partial charge < -0.3 is 5.32 Å². The Morgan fingerprint density at radius 3 is 2.74 bits per heavy atom. The quantitative estimate of drug-likeness (QED) is 0.876. The third-order valence-electron chi connectivity index (χ3n) is 3.01. The topological polar surface area (TPSA) is 24.9 Å². The molecule has 1 aromatic carbocycles. The molecule has 0 aliphatic rings. The fraction of sp³-hybridized carbons (Fsp3) is 0.462. The van der Waals surface area contributed by atoms with Crippen molar-refractivity contribution < 1.29 is 13.2 Å². The number of anilines is 1. The van der Waals surface area contributed by atoms with Crippen molar-refractivity contribution in [2.45, 2.75) is 26.4 Å². The number of fused-ring (bicyclic) bond motifs is 1. The maximum atomic E-state index is 12.6. The van der Waals surface area contributed by atoms with E-state index in [-0.39, 0.29) is 0 Å². The Kier molecular flexibility index (Phi) is 3.99. The van der Waals surface area contributed by atoms with E-state index in [1.165, 1.54) is 17.4 Å². The van der Waals surface area contributed by atoms with Crippen LogP contribution in [0.3, 0.4) is 0 Å². The first-order chi connectivity index (χ1) is 8.90. The standard InChI is InChI=1S/C13H15F3N2S/c1-3-8(2)7-17-12-18-10-6-9(13(14,15)16)4-5-11(10)19-12/h4-6,8H,3,7H2,1-2H3,(H,17,18). The lowest BCUT2D eigenvalue weighted by molar-refractivity contribution is -0.137. The van der Waals surface area contributed by atoms with Gasteiger partial charge >= 0.3 is 6.18 Å². The molecule has 0 radical (unpaired) electrons. The average Bonchev–Trinajstić information content (AvgIpc) is 2.76. The number of hydrogen-bond donors (Lipinski definition) is 1. The minimum absolute atomic E-state index is 0.395. The van der Waals surface area contributed by atoms with Gasteiger partial charge in [-0.25, -0.2) is 4.98 Å². The van der Waals surface area contributed by atoms with Crippen LogP contribution in [0.25, 0.3) is 10.2 Å². The maximum Gasteiger partial charge on any atom is 0.416 e. The van der Waals surface area contributed by atoms with Crippen LogP contribution >= 0.6 is 11.3 Å². The van der Waals surface area contributed by atoms with Crippen LogP contribution in [0.5, 0.6) is 0 Å². The highest BCUT2D eigenvalue weighted by Gasteiger charge is 2.30. The van der Waals surface area contributed by atoms with E-state index in [0.29, 0.717) is 16.6 Å². The van der Waals surface area contributed by atoms with E-state index in [0.717, 1.165) is 29.8 Å². The summed E-state index contributed by atoms with van der Waals surface area (Å²) >= 11 is 1.38. The number of hydrogen-bond acceptors (Lipinski definition) is 3. The van der Waals surface area contributed by atoms with Crippen LogP contribution in [0.1, 0.15) is 25.8 Å². The molecule has 2 aromatic rings. The van der Waals surface area contributed by atoms with Crippen molar-refractivity contribution in [3.63, 3.8) is 0 Å². The summed E-state index contributed by atoms with van der Waals surface area (Å²) < 4.78 is 38.5. The summed E-state index contributed by atoms with van der Waals surface area (Å²) in [5.74, 6) is 0.512. The van der Waals surface area contributed by atoms with Gasteiger partial charge in [0, 0.05) is 6.54 Å². The lowest BCUT2D eigenvalue weighted by atomic mass is 10.1. The first-order valence-corrected chi connectivity index (χ1v) is 6.93. The van der Waals surface area contributed by atoms with Gasteiger partial charge in [0.25, 0.3) is 0 Å². The molecule has 1 heterocycles. The molecular weight excluding hydrogens is 273 g/mol. The minimum atomic E-state index is -4.32. The van der Waals surface area contributed by atoms with Crippen LogP contribution in [0, 0.1) is 5.92 Å². The van der Waals surface area contributed by atoms with Crippen molar-refractivity contribution in [2.24, 2.45) is 5.92 Å². The van der Waals surface area contributed by atoms with E-state index in [9.17, 15) is 13.2 Å². The summed E-state index contributed by atoms with van der Waals surface area (Å²) in [5.41, 5.74) is -0.259. The van der Waals surface area contributed by atoms with E-state index in [1.54, 1.807) is 0 Å². The average molecular weight is 288 g/mol. The Balaban J connectivity index is 2.21. The second kappa shape index (κ2) is 5.36. The number of thiazole rings is 1. The van der Waals surface area contributed by atoms with Crippen molar-refractivity contribution >= 4 is 26.7 Å². The molecule has 0 fully saturated rings. The largest absolute Gasteiger partial charge is 0.416 e. The number of aromatic nitrogens is 1. The van der Waals surface area contributed by atoms with Crippen LogP contribution in [0.4, 0.5) is 18.3 Å². The summed E-state index contributed by atoms with van der Waals surface area (Å²) in [5, 5.41) is 3.84. The highest BCUT2D eigenvalue weighted by atomic mass is 32.1. The summed E-state index contributed by atoms with van der Waals surface area (Å²) in [6, 6.07) is 3.67. The molecule has 0 saturated heterocycles. The summed E-state index contributed by atoms with van der Waals surface area (Å²) in [7, 11) is 0. The van der Waals surface area contributed by atoms with Crippen molar-refractivity contribution in [2.75, 3.05) is 11.9 Å². The molecule has 1 atom stereocenters. The van der Waals surface area contributed by atoms with E-state index in [2.05, 4.69) is 24.1 Å². The molecule has 0 bridgehead atoms. The number of alkyl halides is 3. The molecule has 0 aliphatic carbocycles. The Morgan fingerprint density at radius 1 is 1.37 bits per heavy atom. The third kappa shape index (κ3) is 3.37. The first kappa shape index (κ1) is 14.1. The SMILES string of the molecule is CCC(C)CNc1nc2cc(C(F)(F)F)ccc2s1. The molecule has 1 N–H and O–H groups in total. The second-order valence-corrected chi connectivity index (χ2v) is 5.62. The number of benzene rings is 1. The Morgan fingerprint density at radius 2 is 2.11 bits per heavy atom. The summed E-state index contributed by atoms with van der Waals surface area (Å²) in [4.78, 5) is 4.20. The Bertz CT molecular complexity index is 563. The van der Waals surface area contributed by atoms with E-state index in [4.69, 9.17) is 0 Å². The van der Waals surface area contributed by atoms with Crippen molar-refractivity contribution in [1.29, 1.82) is 0 Å². The van der Waals surface area contributed by atoms with Crippen LogP contribution in [-0.4, -0.2) is 11.5 Å². The van der Waals surface area contributed by atoms with Gasteiger partial charge in [0.15, 0.2) is 5.13 Å². The van der Waals surface area contributed by atoms with Crippen molar-refractivity contribution in [3.8, 4) is 0 Å². The van der Waals surface area contributed by atoms with Gasteiger partial charge in [0.05, 0.1) is 15.8 Å². The zero-order chi connectivity index (χ0) is 14.0. The number of nitrogens with zero attached hydrogens (tertiary/aromatic N) is 1. The molecule has 0 amide bonds. The number of halogens is 3. The van der Waals surface area contributed by atoms with Gasteiger partial charge in [0.1, 0.15) is 0 Å². The number of nitrogens with one attached hydrogen (secondary N) is 1. The fourth-order valence-corrected chi connectivity index (χ4v) is 2.44. The van der Waals surface area contributed by atoms with E-state index >= 15 is 0 Å². The molecule has 104 valence electrons. The normalized spacial score (nSPS) is 13.7. The molecule has 0 saturated carbocycles. The number of rotatable bonds is 4. The first-order valence-electron chi connectivity index (χ1n) is 6.11. The molecule has 1 aromatic heterocycles. The molecule has 2 rings (SSSR count). The van der Waals surface area contributed by atoms with Crippen molar-refractivity contribution in [3.05, 3.63) is 23.8 Å². The van der Waals surface area contributed by atoms with Gasteiger partial charge in [-0.2, -0.15) is 13.2 Å². The molecule has 0 aliphatic heterocycles. The highest BCUT2D eigenvalue weighted by molar-refractivity contribution is 7.22. The van der Waals surface area contributed by atoms with Crippen molar-refractivity contribution in [1.82, 2.24) is 4.98 Å². The van der Waals surface area contributed by atoms with Gasteiger partial charge in [-0.05, 0) is 24.1 Å². The monoisotopic (exact) mass is 288 g/mol. The highest BCUT2D eigenvalue weighted by Crippen LogP contribution is 2.33. The smallest absolute Gasteiger partial charge is 0.361 e. The van der Waals surface area contributed by atoms with Crippen LogP contribution in [0.2, 0.25) is 0 Å². The summed E-state index contributed by atoms with van der Waals surface area (Å²) in [6.45, 7) is 4.99. The van der Waals surface area contributed by atoms with Crippen LogP contribution < -0.4 is 5.32 Å². The molecule has 6 heteroatoms. The molecule has 19 heavy (non-hydrogen) atoms. The predicted molar refractivity (Wildman–Crippen MR) is 72.6 cm³/mol. The van der Waals surface area contributed by atoms with E-state index in [1.807, 2.05) is 0 Å². The lowest BCUT2D eigenvalue weighted by Gasteiger charge is -2.07. The second-order valence-electron chi connectivity index (χ2n) is 4.59. The lowest BCUT2D eigenvalue weighted by Crippen LogP contribution is -2.09. The zero-order valence-electron chi connectivity index (χ0n) is 10.7. The maximum absolute atomic E-state index is 12.6. The van der Waals surface area contributed by atoms with Gasteiger partial charge in [-0.15, -0.1) is 0 Å². The van der Waals surface area contributed by atoms with Gasteiger partial charge in [-0.1, -0.05) is 31.6 Å². The summed E-state index contributed by atoms with van der Waals surface area (Å²) in [6.07, 6.45) is -3.27. The zero-order valence-corrected chi connectivity index (χ0v) is 11.5. The minimum Gasteiger partial charge on any atom is -0.361 e. The Hall–Kier alpha value is -1.30. The molecule has 1 unspecified atom stereocenters. The molecular formula is C13H15F3N2S. The molecule has 0 spiro atoms. The third-order valence-corrected chi connectivity index (χ3v) is 4.01. The Labute approximate surface area is 113 Å². The van der Waals surface area contributed by atoms with E-state index < -0.39 is 11.7 Å². The van der Waals surface area contributed by atoms with Crippen LogP contribution in [-0.2, 0) is 6.18 Å². The van der Waals surface area contributed by atoms with Gasteiger partial charge in [-0.3, -0.25) is 0 Å².